The number of halogens is 2. The van der Waals surface area contributed by atoms with Gasteiger partial charge in [-0.15, -0.1) is 0 Å². The number of para-hydroxylation sites is 1. The molecular weight excluding hydrogens is 565 g/mol. The molecule has 0 N–H and O–H groups in total. The molecule has 0 unspecified atom stereocenters. The van der Waals surface area contributed by atoms with Crippen molar-refractivity contribution in [2.45, 2.75) is 26.4 Å². The van der Waals surface area contributed by atoms with Crippen molar-refractivity contribution in [3.63, 3.8) is 0 Å². The molecule has 0 spiro atoms. The second-order valence-corrected chi connectivity index (χ2v) is 10.9. The van der Waals surface area contributed by atoms with Crippen LogP contribution in [0.4, 0.5) is 10.1 Å². The van der Waals surface area contributed by atoms with Crippen molar-refractivity contribution in [2.75, 3.05) is 11.5 Å². The van der Waals surface area contributed by atoms with Gasteiger partial charge in [0.25, 0.3) is 11.5 Å². The Balaban J connectivity index is 1.58. The fourth-order valence-electron chi connectivity index (χ4n) is 5.26. The van der Waals surface area contributed by atoms with E-state index in [9.17, 15) is 18.8 Å². The molecule has 0 radical (unpaired) electrons. The highest BCUT2D eigenvalue weighted by atomic mass is 35.5. The molecule has 3 heterocycles. The van der Waals surface area contributed by atoms with E-state index in [1.807, 2.05) is 36.4 Å². The van der Waals surface area contributed by atoms with Gasteiger partial charge < -0.3 is 9.64 Å². The average molecular weight is 588 g/mol. The normalized spacial score (nSPS) is 17.3. The monoisotopic (exact) mass is 587 g/mol. The summed E-state index contributed by atoms with van der Waals surface area (Å²) in [7, 11) is 0. The number of esters is 1. The lowest BCUT2D eigenvalue weighted by Gasteiger charge is -2.24. The molecular formula is C31H23ClFN3O4S. The van der Waals surface area contributed by atoms with Crippen LogP contribution in [0.5, 0.6) is 0 Å². The van der Waals surface area contributed by atoms with Crippen LogP contribution < -0.4 is 19.8 Å². The van der Waals surface area contributed by atoms with E-state index in [1.165, 1.54) is 28.8 Å². The summed E-state index contributed by atoms with van der Waals surface area (Å²) in [5.41, 5.74) is 2.91. The topological polar surface area (TPSA) is 81.0 Å². The summed E-state index contributed by atoms with van der Waals surface area (Å²) in [5.74, 6) is -1.40. The van der Waals surface area contributed by atoms with E-state index in [0.29, 0.717) is 32.3 Å². The molecule has 10 heteroatoms. The maximum absolute atomic E-state index is 14.2. The van der Waals surface area contributed by atoms with E-state index in [4.69, 9.17) is 16.3 Å². The van der Waals surface area contributed by atoms with Crippen molar-refractivity contribution >= 4 is 46.1 Å². The lowest BCUT2D eigenvalue weighted by atomic mass is 9.96. The average Bonchev–Trinajstić information content (AvgIpc) is 3.42. The number of anilines is 1. The van der Waals surface area contributed by atoms with E-state index in [2.05, 4.69) is 4.99 Å². The second-order valence-electron chi connectivity index (χ2n) is 9.55. The summed E-state index contributed by atoms with van der Waals surface area (Å²) < 4.78 is 20.8. The standard InChI is InChI=1S/C31H23ClFN3O4S/c1-3-40-30(39)24-17(2)34-31-36(26(24)18-12-14-20(33)15-13-18)29(38)27(41-31)25-21-9-5-7-11-23(21)35(28(25)37)16-19-8-4-6-10-22(19)32/h4-15,26H,3,16H2,1-2H3/b27-25+/t26-/m0/s1. The lowest BCUT2D eigenvalue weighted by molar-refractivity contribution is -0.139. The Morgan fingerprint density at radius 3 is 2.49 bits per heavy atom. The maximum atomic E-state index is 14.2. The molecule has 0 saturated carbocycles. The molecule has 206 valence electrons. The first kappa shape index (κ1) is 26.9. The smallest absolute Gasteiger partial charge is 0.338 e. The van der Waals surface area contributed by atoms with Crippen LogP contribution in [0.3, 0.4) is 0 Å². The Hall–Kier alpha value is -4.34. The number of carbonyl (C=O) groups excluding carboxylic acids is 2. The van der Waals surface area contributed by atoms with E-state index < -0.39 is 23.4 Å². The molecule has 6 rings (SSSR count). The predicted molar refractivity (Wildman–Crippen MR) is 155 cm³/mol. The number of fused-ring (bicyclic) bond motifs is 2. The van der Waals surface area contributed by atoms with Gasteiger partial charge in [0, 0.05) is 10.6 Å². The van der Waals surface area contributed by atoms with Crippen molar-refractivity contribution < 1.29 is 18.7 Å². The zero-order valence-electron chi connectivity index (χ0n) is 22.1. The lowest BCUT2D eigenvalue weighted by Crippen LogP contribution is -2.41. The van der Waals surface area contributed by atoms with Crippen molar-refractivity contribution in [3.8, 4) is 0 Å². The number of benzene rings is 3. The summed E-state index contributed by atoms with van der Waals surface area (Å²) in [4.78, 5) is 47.8. The van der Waals surface area contributed by atoms with Crippen LogP contribution in [0.15, 0.2) is 93.9 Å². The molecule has 2 aliphatic heterocycles. The van der Waals surface area contributed by atoms with Gasteiger partial charge in [-0.25, -0.2) is 14.2 Å². The zero-order valence-corrected chi connectivity index (χ0v) is 23.6. The minimum atomic E-state index is -0.911. The van der Waals surface area contributed by atoms with Gasteiger partial charge in [0.15, 0.2) is 4.80 Å². The van der Waals surface area contributed by atoms with Gasteiger partial charge in [0.05, 0.1) is 41.7 Å². The van der Waals surface area contributed by atoms with E-state index >= 15 is 0 Å². The second kappa shape index (κ2) is 10.6. The van der Waals surface area contributed by atoms with Gasteiger partial charge in [-0.05, 0) is 49.2 Å². The van der Waals surface area contributed by atoms with Crippen molar-refractivity contribution in [3.05, 3.63) is 131 Å². The number of rotatable bonds is 5. The highest BCUT2D eigenvalue weighted by Gasteiger charge is 2.37. The van der Waals surface area contributed by atoms with Gasteiger partial charge in [-0.2, -0.15) is 0 Å². The summed E-state index contributed by atoms with van der Waals surface area (Å²) in [6.45, 7) is 3.72. The Morgan fingerprint density at radius 1 is 1.05 bits per heavy atom. The largest absolute Gasteiger partial charge is 0.463 e. The Labute approximate surface area is 243 Å². The van der Waals surface area contributed by atoms with Crippen molar-refractivity contribution in [1.82, 2.24) is 4.57 Å². The minimum absolute atomic E-state index is 0.132. The molecule has 0 bridgehead atoms. The van der Waals surface area contributed by atoms with Crippen LogP contribution in [-0.2, 0) is 20.9 Å². The third kappa shape index (κ3) is 4.51. The van der Waals surface area contributed by atoms with Crippen LogP contribution >= 0.6 is 22.9 Å². The van der Waals surface area contributed by atoms with Crippen LogP contribution in [0.1, 0.15) is 36.6 Å². The summed E-state index contributed by atoms with van der Waals surface area (Å²) >= 11 is 7.49. The van der Waals surface area contributed by atoms with Crippen LogP contribution in [0.2, 0.25) is 5.02 Å². The molecule has 4 aromatic rings. The molecule has 7 nitrogen and oxygen atoms in total. The van der Waals surface area contributed by atoms with E-state index in [1.54, 1.807) is 30.9 Å². The molecule has 0 fully saturated rings. The zero-order chi connectivity index (χ0) is 28.8. The predicted octanol–water partition coefficient (Wildman–Crippen LogP) is 4.51. The van der Waals surface area contributed by atoms with E-state index in [0.717, 1.165) is 16.9 Å². The number of hydrogen-bond acceptors (Lipinski definition) is 6. The third-order valence-electron chi connectivity index (χ3n) is 7.11. The van der Waals surface area contributed by atoms with Gasteiger partial charge in [0.2, 0.25) is 0 Å². The molecule has 1 amide bonds. The van der Waals surface area contributed by atoms with Gasteiger partial charge in [-0.1, -0.05) is 71.5 Å². The first-order valence-electron chi connectivity index (χ1n) is 12.9. The molecule has 0 saturated heterocycles. The molecule has 41 heavy (non-hydrogen) atoms. The van der Waals surface area contributed by atoms with Gasteiger partial charge in [-0.3, -0.25) is 14.2 Å². The van der Waals surface area contributed by atoms with Crippen LogP contribution in [0, 0.1) is 5.82 Å². The Bertz CT molecular complexity index is 1940. The highest BCUT2D eigenvalue weighted by Crippen LogP contribution is 2.37. The summed E-state index contributed by atoms with van der Waals surface area (Å²) in [5, 5.41) is 0.534. The van der Waals surface area contributed by atoms with Crippen LogP contribution in [0.25, 0.3) is 5.57 Å². The molecule has 1 aromatic heterocycles. The van der Waals surface area contributed by atoms with E-state index in [-0.39, 0.29) is 34.7 Å². The molecule has 1 atom stereocenters. The fourth-order valence-corrected chi connectivity index (χ4v) is 6.59. The van der Waals surface area contributed by atoms with Crippen molar-refractivity contribution in [2.24, 2.45) is 4.99 Å². The Morgan fingerprint density at radius 2 is 1.76 bits per heavy atom. The number of aromatic nitrogens is 1. The number of amides is 1. The number of allylic oxidation sites excluding steroid dienone is 1. The minimum Gasteiger partial charge on any atom is -0.463 e. The van der Waals surface area contributed by atoms with Gasteiger partial charge >= 0.3 is 5.97 Å². The number of ether oxygens (including phenoxy) is 1. The number of thiazole rings is 1. The molecule has 2 aliphatic rings. The number of carbonyl (C=O) groups is 2. The number of hydrogen-bond donors (Lipinski definition) is 0. The molecule has 3 aromatic carbocycles. The first-order chi connectivity index (χ1) is 19.8. The van der Waals surface area contributed by atoms with Gasteiger partial charge in [0.1, 0.15) is 10.3 Å². The highest BCUT2D eigenvalue weighted by molar-refractivity contribution is 7.07. The SMILES string of the molecule is CCOC(=O)C1=C(C)N=c2s/c(=C3/C(=O)N(Cc4ccccc4Cl)c4ccccc43)c(=O)n2[C@H]1c1ccc(F)cc1. The van der Waals surface area contributed by atoms with Crippen LogP contribution in [-0.4, -0.2) is 23.1 Å². The quantitative estimate of drug-likeness (QED) is 0.322. The fraction of sp³-hybridized carbons (Fsp3) is 0.161. The Kier molecular flexibility index (Phi) is 6.93. The third-order valence-corrected chi connectivity index (χ3v) is 8.54. The van der Waals surface area contributed by atoms with Crippen molar-refractivity contribution in [1.29, 1.82) is 0 Å². The summed E-state index contributed by atoms with van der Waals surface area (Å²) in [6, 6.07) is 19.3. The summed E-state index contributed by atoms with van der Waals surface area (Å²) in [6.07, 6.45) is 0. The number of nitrogens with zero attached hydrogens (tertiary/aromatic N) is 3. The maximum Gasteiger partial charge on any atom is 0.338 e. The molecule has 0 aliphatic carbocycles. The first-order valence-corrected chi connectivity index (χ1v) is 14.1.